The van der Waals surface area contributed by atoms with Crippen molar-refractivity contribution in [2.24, 2.45) is 0 Å². The van der Waals surface area contributed by atoms with Crippen LogP contribution < -0.4 is 5.32 Å². The van der Waals surface area contributed by atoms with Gasteiger partial charge in [-0.3, -0.25) is 4.79 Å². The number of thioether (sulfide) groups is 1. The highest BCUT2D eigenvalue weighted by molar-refractivity contribution is 9.10. The molecule has 1 aromatic carbocycles. The van der Waals surface area contributed by atoms with Crippen molar-refractivity contribution in [1.29, 1.82) is 0 Å². The summed E-state index contributed by atoms with van der Waals surface area (Å²) in [6.07, 6.45) is 0. The largest absolute Gasteiger partial charge is 0.411 e. The molecule has 0 bridgehead atoms. The summed E-state index contributed by atoms with van der Waals surface area (Å²) in [4.78, 5) is 12.1. The Morgan fingerprint density at radius 2 is 2.17 bits per heavy atom. The standard InChI is InChI=1S/C15H13BrN4O3S/c1-8-6-12(20-23-8)17-13(21)9(2)24-15-19-18-14(22-15)10-4-3-5-11(16)7-10/h3-7,9H,1-2H3,(H,17,20,21)/t9-/m1/s1. The van der Waals surface area contributed by atoms with Gasteiger partial charge in [0.2, 0.25) is 11.8 Å². The molecule has 3 rings (SSSR count). The molecule has 24 heavy (non-hydrogen) atoms. The summed E-state index contributed by atoms with van der Waals surface area (Å²) in [6.45, 7) is 3.50. The first kappa shape index (κ1) is 16.7. The van der Waals surface area contributed by atoms with E-state index < -0.39 is 5.25 Å². The molecule has 0 aliphatic heterocycles. The number of rotatable bonds is 5. The fraction of sp³-hybridized carbons (Fsp3) is 0.200. The zero-order chi connectivity index (χ0) is 17.1. The first-order chi connectivity index (χ1) is 11.5. The number of anilines is 1. The van der Waals surface area contributed by atoms with Crippen molar-refractivity contribution < 1.29 is 13.7 Å². The van der Waals surface area contributed by atoms with E-state index >= 15 is 0 Å². The van der Waals surface area contributed by atoms with Crippen LogP contribution in [-0.2, 0) is 4.79 Å². The molecule has 124 valence electrons. The first-order valence-electron chi connectivity index (χ1n) is 7.01. The number of benzene rings is 1. The normalized spacial score (nSPS) is 12.1. The summed E-state index contributed by atoms with van der Waals surface area (Å²) in [5, 5.41) is 14.3. The molecule has 2 aromatic heterocycles. The summed E-state index contributed by atoms with van der Waals surface area (Å²) >= 11 is 4.57. The lowest BCUT2D eigenvalue weighted by Crippen LogP contribution is -2.22. The number of carbonyl (C=O) groups excluding carboxylic acids is 1. The summed E-state index contributed by atoms with van der Waals surface area (Å²) in [5.41, 5.74) is 0.805. The lowest BCUT2D eigenvalue weighted by molar-refractivity contribution is -0.115. The molecule has 0 fully saturated rings. The number of amides is 1. The van der Waals surface area contributed by atoms with Crippen LogP contribution in [0.15, 0.2) is 49.0 Å². The molecule has 0 aliphatic carbocycles. The Labute approximate surface area is 150 Å². The van der Waals surface area contributed by atoms with E-state index in [1.54, 1.807) is 19.9 Å². The molecule has 0 spiro atoms. The maximum Gasteiger partial charge on any atom is 0.277 e. The number of aryl methyl sites for hydroxylation is 1. The number of hydrogen-bond donors (Lipinski definition) is 1. The van der Waals surface area contributed by atoms with Crippen LogP contribution in [0, 0.1) is 6.92 Å². The van der Waals surface area contributed by atoms with E-state index in [9.17, 15) is 4.79 Å². The lowest BCUT2D eigenvalue weighted by Gasteiger charge is -2.06. The third kappa shape index (κ3) is 4.04. The maximum absolute atomic E-state index is 12.1. The zero-order valence-electron chi connectivity index (χ0n) is 12.8. The van der Waals surface area contributed by atoms with Crippen LogP contribution in [-0.4, -0.2) is 26.5 Å². The summed E-state index contributed by atoms with van der Waals surface area (Å²) in [6, 6.07) is 9.19. The molecular weight excluding hydrogens is 396 g/mol. The Morgan fingerprint density at radius 3 is 2.88 bits per heavy atom. The smallest absolute Gasteiger partial charge is 0.277 e. The van der Waals surface area contributed by atoms with Gasteiger partial charge < -0.3 is 14.3 Å². The van der Waals surface area contributed by atoms with Gasteiger partial charge in [0.15, 0.2) is 5.82 Å². The molecule has 0 radical (unpaired) electrons. The number of carbonyl (C=O) groups is 1. The van der Waals surface area contributed by atoms with Gasteiger partial charge in [-0.2, -0.15) is 0 Å². The molecule has 2 heterocycles. The zero-order valence-corrected chi connectivity index (χ0v) is 15.2. The number of nitrogens with one attached hydrogen (secondary N) is 1. The minimum atomic E-state index is -0.433. The van der Waals surface area contributed by atoms with Gasteiger partial charge >= 0.3 is 0 Å². The molecule has 1 atom stereocenters. The molecule has 1 amide bonds. The van der Waals surface area contributed by atoms with E-state index in [4.69, 9.17) is 8.94 Å². The Bertz CT molecular complexity index is 864. The molecule has 1 N–H and O–H groups in total. The topological polar surface area (TPSA) is 94.1 Å². The Balaban J connectivity index is 1.64. The molecule has 9 heteroatoms. The molecule has 0 saturated heterocycles. The van der Waals surface area contributed by atoms with Gasteiger partial charge in [-0.25, -0.2) is 0 Å². The SMILES string of the molecule is Cc1cc(NC(=O)[C@@H](C)Sc2nnc(-c3cccc(Br)c3)o2)no1. The highest BCUT2D eigenvalue weighted by Crippen LogP contribution is 2.27. The maximum atomic E-state index is 12.1. The van der Waals surface area contributed by atoms with E-state index in [0.29, 0.717) is 22.7 Å². The van der Waals surface area contributed by atoms with E-state index in [-0.39, 0.29) is 5.91 Å². The van der Waals surface area contributed by atoms with Gasteiger partial charge in [-0.15, -0.1) is 10.2 Å². The molecular formula is C15H13BrN4O3S. The highest BCUT2D eigenvalue weighted by atomic mass is 79.9. The second-order valence-corrected chi connectivity index (χ2v) is 7.16. The summed E-state index contributed by atoms with van der Waals surface area (Å²) in [7, 11) is 0. The quantitative estimate of drug-likeness (QED) is 0.639. The van der Waals surface area contributed by atoms with Gasteiger partial charge in [0.05, 0.1) is 5.25 Å². The summed E-state index contributed by atoms with van der Waals surface area (Å²) < 4.78 is 11.4. The Morgan fingerprint density at radius 1 is 1.33 bits per heavy atom. The fourth-order valence-corrected chi connectivity index (χ4v) is 2.94. The molecule has 3 aromatic rings. The van der Waals surface area contributed by atoms with Crippen LogP contribution in [0.25, 0.3) is 11.5 Å². The van der Waals surface area contributed by atoms with Crippen LogP contribution in [0.5, 0.6) is 0 Å². The lowest BCUT2D eigenvalue weighted by atomic mass is 10.2. The average molecular weight is 409 g/mol. The van der Waals surface area contributed by atoms with E-state index in [1.807, 2.05) is 24.3 Å². The van der Waals surface area contributed by atoms with Crippen molar-refractivity contribution in [3.8, 4) is 11.5 Å². The average Bonchev–Trinajstić information content (AvgIpc) is 3.16. The summed E-state index contributed by atoms with van der Waals surface area (Å²) in [5.74, 6) is 1.18. The first-order valence-corrected chi connectivity index (χ1v) is 8.69. The van der Waals surface area contributed by atoms with Crippen molar-refractivity contribution in [1.82, 2.24) is 15.4 Å². The van der Waals surface area contributed by atoms with Crippen LogP contribution in [0.4, 0.5) is 5.82 Å². The van der Waals surface area contributed by atoms with Gasteiger partial charge in [-0.05, 0) is 32.0 Å². The second-order valence-electron chi connectivity index (χ2n) is 4.96. The number of halogens is 1. The van der Waals surface area contributed by atoms with Crippen molar-refractivity contribution in [2.45, 2.75) is 24.3 Å². The van der Waals surface area contributed by atoms with Crippen molar-refractivity contribution in [2.75, 3.05) is 5.32 Å². The third-order valence-electron chi connectivity index (χ3n) is 3.00. The van der Waals surface area contributed by atoms with E-state index in [0.717, 1.165) is 10.0 Å². The van der Waals surface area contributed by atoms with Crippen LogP contribution >= 0.6 is 27.7 Å². The minimum absolute atomic E-state index is 0.226. The molecule has 7 nitrogen and oxygen atoms in total. The van der Waals surface area contributed by atoms with Crippen molar-refractivity contribution >= 4 is 39.4 Å². The minimum Gasteiger partial charge on any atom is -0.411 e. The van der Waals surface area contributed by atoms with Crippen LogP contribution in [0.3, 0.4) is 0 Å². The van der Waals surface area contributed by atoms with Crippen LogP contribution in [0.1, 0.15) is 12.7 Å². The number of nitrogens with zero attached hydrogens (tertiary/aromatic N) is 3. The van der Waals surface area contributed by atoms with Gasteiger partial charge in [0.1, 0.15) is 5.76 Å². The van der Waals surface area contributed by atoms with Gasteiger partial charge in [0, 0.05) is 16.1 Å². The number of hydrogen-bond acceptors (Lipinski definition) is 7. The molecule has 0 aliphatic rings. The fourth-order valence-electron chi connectivity index (χ4n) is 1.85. The second kappa shape index (κ2) is 7.18. The van der Waals surface area contributed by atoms with Crippen LogP contribution in [0.2, 0.25) is 0 Å². The Kier molecular flexibility index (Phi) is 5.00. The van der Waals surface area contributed by atoms with Gasteiger partial charge in [-0.1, -0.05) is 38.9 Å². The van der Waals surface area contributed by atoms with Gasteiger partial charge in [0.25, 0.3) is 5.22 Å². The molecule has 0 unspecified atom stereocenters. The van der Waals surface area contributed by atoms with Crippen molar-refractivity contribution in [3.05, 3.63) is 40.6 Å². The third-order valence-corrected chi connectivity index (χ3v) is 4.43. The van der Waals surface area contributed by atoms with Crippen molar-refractivity contribution in [3.63, 3.8) is 0 Å². The predicted octanol–water partition coefficient (Wildman–Crippen LogP) is 3.91. The van der Waals surface area contributed by atoms with E-state index in [2.05, 4.69) is 36.6 Å². The molecule has 0 saturated carbocycles. The Hall–Kier alpha value is -2.13. The number of aromatic nitrogens is 3. The van der Waals surface area contributed by atoms with E-state index in [1.165, 1.54) is 11.8 Å². The monoisotopic (exact) mass is 408 g/mol. The predicted molar refractivity (Wildman–Crippen MR) is 92.6 cm³/mol. The highest BCUT2D eigenvalue weighted by Gasteiger charge is 2.20.